The molecular formula is C13H13N3O. The molecule has 1 aliphatic rings. The number of hydrogen-bond donors (Lipinski definition) is 0. The normalized spacial score (nSPS) is 16.1. The van der Waals surface area contributed by atoms with Crippen LogP contribution in [0.4, 0.5) is 6.01 Å². The van der Waals surface area contributed by atoms with Gasteiger partial charge in [0.25, 0.3) is 6.01 Å². The van der Waals surface area contributed by atoms with Gasteiger partial charge in [-0.25, -0.2) is 0 Å². The third-order valence-electron chi connectivity index (χ3n) is 3.13. The van der Waals surface area contributed by atoms with E-state index in [1.165, 1.54) is 19.3 Å². The third-order valence-corrected chi connectivity index (χ3v) is 3.13. The van der Waals surface area contributed by atoms with Gasteiger partial charge in [-0.1, -0.05) is 0 Å². The largest absolute Gasteiger partial charge is 0.423 e. The van der Waals surface area contributed by atoms with Crippen molar-refractivity contribution in [3.05, 3.63) is 23.8 Å². The lowest BCUT2D eigenvalue weighted by Crippen LogP contribution is -2.29. The monoisotopic (exact) mass is 227 g/mol. The molecule has 2 heterocycles. The standard InChI is InChI=1S/C13H13N3O/c14-9-10-4-5-12-11(8-10)15-13(17-12)16-6-2-1-3-7-16/h4-5,8H,1-3,6-7H2. The number of benzene rings is 1. The molecule has 4 heteroatoms. The molecule has 1 aliphatic heterocycles. The van der Waals surface area contributed by atoms with E-state index in [0.29, 0.717) is 11.6 Å². The molecule has 2 aromatic rings. The van der Waals surface area contributed by atoms with Crippen molar-refractivity contribution in [3.63, 3.8) is 0 Å². The number of nitrogens with zero attached hydrogens (tertiary/aromatic N) is 3. The van der Waals surface area contributed by atoms with Crippen molar-refractivity contribution < 1.29 is 4.42 Å². The average Bonchev–Trinajstić information content (AvgIpc) is 2.82. The van der Waals surface area contributed by atoms with Crippen LogP contribution in [0.3, 0.4) is 0 Å². The lowest BCUT2D eigenvalue weighted by atomic mass is 10.1. The van der Waals surface area contributed by atoms with Crippen LogP contribution >= 0.6 is 0 Å². The smallest absolute Gasteiger partial charge is 0.298 e. The van der Waals surface area contributed by atoms with Crippen LogP contribution in [0.15, 0.2) is 22.6 Å². The molecule has 1 aromatic heterocycles. The summed E-state index contributed by atoms with van der Waals surface area (Å²) in [4.78, 5) is 6.63. The molecule has 0 atom stereocenters. The van der Waals surface area contributed by atoms with Crippen LogP contribution in [0.5, 0.6) is 0 Å². The lowest BCUT2D eigenvalue weighted by molar-refractivity contribution is 0.509. The van der Waals surface area contributed by atoms with Gasteiger partial charge in [0.05, 0.1) is 11.6 Å². The molecule has 86 valence electrons. The number of fused-ring (bicyclic) bond motifs is 1. The number of aromatic nitrogens is 1. The van der Waals surface area contributed by atoms with E-state index in [-0.39, 0.29) is 0 Å². The van der Waals surface area contributed by atoms with Gasteiger partial charge >= 0.3 is 0 Å². The Balaban J connectivity index is 1.98. The first-order valence-corrected chi connectivity index (χ1v) is 5.92. The van der Waals surface area contributed by atoms with Crippen molar-refractivity contribution in [2.24, 2.45) is 0 Å². The highest BCUT2D eigenvalue weighted by Gasteiger charge is 2.16. The molecule has 1 saturated heterocycles. The van der Waals surface area contributed by atoms with Gasteiger partial charge in [-0.05, 0) is 37.5 Å². The van der Waals surface area contributed by atoms with Crippen molar-refractivity contribution in [2.45, 2.75) is 19.3 Å². The summed E-state index contributed by atoms with van der Waals surface area (Å²) in [5.74, 6) is 0. The van der Waals surface area contributed by atoms with Crippen LogP contribution in [0.2, 0.25) is 0 Å². The topological polar surface area (TPSA) is 53.1 Å². The highest BCUT2D eigenvalue weighted by molar-refractivity contribution is 5.76. The van der Waals surface area contributed by atoms with Crippen LogP contribution in [-0.4, -0.2) is 18.1 Å². The number of hydrogen-bond acceptors (Lipinski definition) is 4. The number of oxazole rings is 1. The molecule has 0 bridgehead atoms. The number of nitriles is 1. The first-order valence-electron chi connectivity index (χ1n) is 5.92. The van der Waals surface area contributed by atoms with Gasteiger partial charge in [-0.3, -0.25) is 0 Å². The maximum atomic E-state index is 8.83. The van der Waals surface area contributed by atoms with Gasteiger partial charge in [0.1, 0.15) is 5.52 Å². The molecule has 0 spiro atoms. The van der Waals surface area contributed by atoms with E-state index in [1.54, 1.807) is 12.1 Å². The van der Waals surface area contributed by atoms with Crippen molar-refractivity contribution >= 4 is 17.1 Å². The van der Waals surface area contributed by atoms with Gasteiger partial charge in [-0.2, -0.15) is 10.2 Å². The van der Waals surface area contributed by atoms with Crippen molar-refractivity contribution in [3.8, 4) is 6.07 Å². The summed E-state index contributed by atoms with van der Waals surface area (Å²) in [5.41, 5.74) is 2.14. The minimum Gasteiger partial charge on any atom is -0.423 e. The van der Waals surface area contributed by atoms with Crippen molar-refractivity contribution in [1.82, 2.24) is 4.98 Å². The highest BCUT2D eigenvalue weighted by atomic mass is 16.4. The maximum absolute atomic E-state index is 8.83. The SMILES string of the molecule is N#Cc1ccc2oc(N3CCCCC3)nc2c1. The quantitative estimate of drug-likeness (QED) is 0.751. The fourth-order valence-corrected chi connectivity index (χ4v) is 2.21. The first kappa shape index (κ1) is 10.2. The van der Waals surface area contributed by atoms with Crippen molar-refractivity contribution in [2.75, 3.05) is 18.0 Å². The lowest BCUT2D eigenvalue weighted by Gasteiger charge is -2.24. The number of rotatable bonds is 1. The van der Waals surface area contributed by atoms with Crippen LogP contribution < -0.4 is 4.90 Å². The predicted molar refractivity (Wildman–Crippen MR) is 64.8 cm³/mol. The molecule has 0 unspecified atom stereocenters. The molecule has 0 saturated carbocycles. The minimum absolute atomic E-state index is 0.621. The second-order valence-electron chi connectivity index (χ2n) is 4.34. The van der Waals surface area contributed by atoms with E-state index in [0.717, 1.165) is 24.2 Å². The maximum Gasteiger partial charge on any atom is 0.298 e. The molecule has 0 aliphatic carbocycles. The molecule has 0 amide bonds. The summed E-state index contributed by atoms with van der Waals surface area (Å²) >= 11 is 0. The van der Waals surface area contributed by atoms with Gasteiger partial charge in [0, 0.05) is 13.1 Å². The van der Waals surface area contributed by atoms with E-state index in [2.05, 4.69) is 16.0 Å². The zero-order valence-electron chi connectivity index (χ0n) is 9.52. The van der Waals surface area contributed by atoms with E-state index < -0.39 is 0 Å². The number of piperidine rings is 1. The Kier molecular flexibility index (Phi) is 2.45. The van der Waals surface area contributed by atoms with Gasteiger partial charge in [0.2, 0.25) is 0 Å². The van der Waals surface area contributed by atoms with E-state index in [9.17, 15) is 0 Å². The minimum atomic E-state index is 0.621. The van der Waals surface area contributed by atoms with Crippen molar-refractivity contribution in [1.29, 1.82) is 5.26 Å². The molecule has 4 nitrogen and oxygen atoms in total. The Morgan fingerprint density at radius 1 is 1.24 bits per heavy atom. The van der Waals surface area contributed by atoms with Crippen LogP contribution in [0.25, 0.3) is 11.1 Å². The molecule has 0 N–H and O–H groups in total. The van der Waals surface area contributed by atoms with Gasteiger partial charge in [-0.15, -0.1) is 0 Å². The molecular weight excluding hydrogens is 214 g/mol. The summed E-state index contributed by atoms with van der Waals surface area (Å²) in [5, 5.41) is 8.83. The fraction of sp³-hybridized carbons (Fsp3) is 0.385. The second kappa shape index (κ2) is 4.10. The molecule has 1 fully saturated rings. The Morgan fingerprint density at radius 3 is 2.82 bits per heavy atom. The summed E-state index contributed by atoms with van der Waals surface area (Å²) in [7, 11) is 0. The van der Waals surface area contributed by atoms with E-state index >= 15 is 0 Å². The molecule has 17 heavy (non-hydrogen) atoms. The summed E-state index contributed by atoms with van der Waals surface area (Å²) in [6.07, 6.45) is 3.68. The second-order valence-corrected chi connectivity index (χ2v) is 4.34. The Hall–Kier alpha value is -2.02. The Morgan fingerprint density at radius 2 is 2.06 bits per heavy atom. The zero-order chi connectivity index (χ0) is 11.7. The van der Waals surface area contributed by atoms with E-state index in [1.807, 2.05) is 6.07 Å². The molecule has 3 rings (SSSR count). The van der Waals surface area contributed by atoms with Crippen LogP contribution in [0.1, 0.15) is 24.8 Å². The first-order chi connectivity index (χ1) is 8.36. The third kappa shape index (κ3) is 1.84. The molecule has 1 aromatic carbocycles. The van der Waals surface area contributed by atoms with Crippen LogP contribution in [0, 0.1) is 11.3 Å². The summed E-state index contributed by atoms with van der Waals surface area (Å²) < 4.78 is 5.71. The van der Waals surface area contributed by atoms with Crippen LogP contribution in [-0.2, 0) is 0 Å². The average molecular weight is 227 g/mol. The van der Waals surface area contributed by atoms with E-state index in [4.69, 9.17) is 9.68 Å². The summed E-state index contributed by atoms with van der Waals surface area (Å²) in [6.45, 7) is 2.02. The summed E-state index contributed by atoms with van der Waals surface area (Å²) in [6, 6.07) is 8.14. The zero-order valence-corrected chi connectivity index (χ0v) is 9.52. The van der Waals surface area contributed by atoms with Gasteiger partial charge < -0.3 is 9.32 Å². The predicted octanol–water partition coefficient (Wildman–Crippen LogP) is 2.69. The Labute approximate surface area is 99.5 Å². The van der Waals surface area contributed by atoms with Gasteiger partial charge in [0.15, 0.2) is 5.58 Å². The fourth-order valence-electron chi connectivity index (χ4n) is 2.21. The number of anilines is 1. The Bertz CT molecular complexity index is 576. The highest BCUT2D eigenvalue weighted by Crippen LogP contribution is 2.24. The molecule has 0 radical (unpaired) electrons.